The monoisotopic (exact) mass is 483 g/mol. The lowest BCUT2D eigenvalue weighted by molar-refractivity contribution is -0.141. The number of aliphatic hydroxyl groups is 1. The number of carbonyl (C=O) groups excluding carboxylic acids is 2. The number of carbonyl (C=O) groups is 2. The maximum atomic E-state index is 15.6. The van der Waals surface area contributed by atoms with Crippen LogP contribution >= 0.6 is 0 Å². The summed E-state index contributed by atoms with van der Waals surface area (Å²) in [6.45, 7) is 3.13. The van der Waals surface area contributed by atoms with Crippen LogP contribution in [0.1, 0.15) is 60.0 Å². The Kier molecular flexibility index (Phi) is 5.70. The van der Waals surface area contributed by atoms with E-state index in [0.717, 1.165) is 25.2 Å². The molecule has 8 nitrogen and oxygen atoms in total. The molecule has 35 heavy (non-hydrogen) atoms. The molecule has 6 rings (SSSR count). The summed E-state index contributed by atoms with van der Waals surface area (Å²) >= 11 is 0. The van der Waals surface area contributed by atoms with Gasteiger partial charge >= 0.3 is 11.9 Å². The number of hydrogen-bond donors (Lipinski definition) is 1. The maximum absolute atomic E-state index is 15.6. The zero-order valence-electron chi connectivity index (χ0n) is 20.5. The Labute approximate surface area is 202 Å². The van der Waals surface area contributed by atoms with Gasteiger partial charge in [-0.05, 0) is 62.6 Å². The van der Waals surface area contributed by atoms with Crippen LogP contribution in [0, 0.1) is 18.7 Å². The lowest BCUT2D eigenvalue weighted by Gasteiger charge is -2.61. The highest BCUT2D eigenvalue weighted by Gasteiger charge is 2.59. The van der Waals surface area contributed by atoms with Crippen molar-refractivity contribution in [1.29, 1.82) is 0 Å². The minimum Gasteiger partial charge on any atom is -0.466 e. The van der Waals surface area contributed by atoms with Gasteiger partial charge in [-0.3, -0.25) is 9.48 Å². The summed E-state index contributed by atoms with van der Waals surface area (Å²) in [6, 6.07) is 3.06. The molecule has 3 aliphatic rings. The molecule has 3 saturated carbocycles. The van der Waals surface area contributed by atoms with Gasteiger partial charge in [-0.2, -0.15) is 5.10 Å². The highest BCUT2D eigenvalue weighted by Crippen LogP contribution is 2.63. The zero-order valence-corrected chi connectivity index (χ0v) is 20.5. The van der Waals surface area contributed by atoms with Crippen LogP contribution in [-0.4, -0.2) is 45.1 Å². The topological polar surface area (TPSA) is 95.6 Å². The van der Waals surface area contributed by atoms with Crippen molar-refractivity contribution in [2.45, 2.75) is 58.1 Å². The predicted octanol–water partition coefficient (Wildman–Crippen LogP) is 3.77. The summed E-state index contributed by atoms with van der Waals surface area (Å²) in [5, 5.41) is 15.9. The predicted molar refractivity (Wildman–Crippen MR) is 126 cm³/mol. The van der Waals surface area contributed by atoms with Crippen LogP contribution in [0.2, 0.25) is 0 Å². The largest absolute Gasteiger partial charge is 0.466 e. The van der Waals surface area contributed by atoms with E-state index in [1.165, 1.54) is 20.1 Å². The minimum absolute atomic E-state index is 0.0661. The molecule has 3 aromatic rings. The van der Waals surface area contributed by atoms with E-state index in [0.29, 0.717) is 57.5 Å². The van der Waals surface area contributed by atoms with Crippen molar-refractivity contribution in [3.63, 3.8) is 0 Å². The summed E-state index contributed by atoms with van der Waals surface area (Å²) in [6.07, 6.45) is 4.05. The van der Waals surface area contributed by atoms with Crippen LogP contribution in [-0.2, 0) is 39.9 Å². The number of benzene rings is 1. The van der Waals surface area contributed by atoms with Crippen LogP contribution in [0.5, 0.6) is 0 Å². The van der Waals surface area contributed by atoms with Gasteiger partial charge in [0.2, 0.25) is 0 Å². The highest BCUT2D eigenvalue weighted by atomic mass is 19.1. The van der Waals surface area contributed by atoms with E-state index in [2.05, 4.69) is 0 Å². The van der Waals surface area contributed by atoms with Gasteiger partial charge in [-0.25, -0.2) is 9.18 Å². The second kappa shape index (κ2) is 8.48. The van der Waals surface area contributed by atoms with E-state index in [4.69, 9.17) is 14.6 Å². The van der Waals surface area contributed by atoms with Crippen molar-refractivity contribution in [2.24, 2.45) is 13.0 Å². The number of fused-ring (bicyclic) bond motifs is 1. The van der Waals surface area contributed by atoms with Gasteiger partial charge in [0, 0.05) is 30.5 Å². The van der Waals surface area contributed by atoms with E-state index in [9.17, 15) is 14.7 Å². The summed E-state index contributed by atoms with van der Waals surface area (Å²) in [5.41, 5.74) is 3.65. The molecule has 186 valence electrons. The number of aryl methyl sites for hydroxylation is 3. The molecule has 0 atom stereocenters. The minimum atomic E-state index is -0.527. The first-order valence-electron chi connectivity index (χ1n) is 11.9. The summed E-state index contributed by atoms with van der Waals surface area (Å²) in [5.74, 6) is -0.620. The van der Waals surface area contributed by atoms with Crippen LogP contribution in [0.25, 0.3) is 22.0 Å². The number of halogens is 1. The number of esters is 2. The van der Waals surface area contributed by atoms with Crippen LogP contribution in [0.15, 0.2) is 12.1 Å². The highest BCUT2D eigenvalue weighted by molar-refractivity contribution is 6.05. The molecule has 2 heterocycles. The third-order valence-electron chi connectivity index (χ3n) is 7.68. The molecule has 1 aromatic carbocycles. The van der Waals surface area contributed by atoms with Crippen molar-refractivity contribution in [3.05, 3.63) is 40.6 Å². The molecule has 2 aromatic heterocycles. The second-order valence-electron chi connectivity index (χ2n) is 9.82. The third kappa shape index (κ3) is 3.47. The van der Waals surface area contributed by atoms with Crippen LogP contribution < -0.4 is 0 Å². The van der Waals surface area contributed by atoms with Gasteiger partial charge in [0.15, 0.2) is 0 Å². The Morgan fingerprint density at radius 2 is 1.97 bits per heavy atom. The number of aliphatic hydroxyl groups excluding tert-OH is 1. The van der Waals surface area contributed by atoms with Crippen molar-refractivity contribution in [3.8, 4) is 11.1 Å². The van der Waals surface area contributed by atoms with Gasteiger partial charge < -0.3 is 19.1 Å². The Balaban J connectivity index is 1.70. The number of nitrogens with zero attached hydrogens (tertiary/aromatic N) is 3. The summed E-state index contributed by atoms with van der Waals surface area (Å²) < 4.78 is 29.3. The molecule has 2 bridgehead atoms. The Morgan fingerprint density at radius 3 is 2.54 bits per heavy atom. The molecular weight excluding hydrogens is 453 g/mol. The Hall–Kier alpha value is -3.20. The third-order valence-corrected chi connectivity index (χ3v) is 7.68. The summed E-state index contributed by atoms with van der Waals surface area (Å²) in [7, 11) is 3.03. The van der Waals surface area contributed by atoms with Gasteiger partial charge in [-0.1, -0.05) is 0 Å². The first-order chi connectivity index (χ1) is 16.7. The fraction of sp³-hybridized carbons (Fsp3) is 0.500. The molecule has 9 heteroatoms. The van der Waals surface area contributed by atoms with Crippen LogP contribution in [0.4, 0.5) is 4.39 Å². The Morgan fingerprint density at radius 1 is 1.26 bits per heavy atom. The first kappa shape index (κ1) is 23.5. The maximum Gasteiger partial charge on any atom is 0.354 e. The molecular formula is C26H30FN3O5. The molecule has 0 saturated heterocycles. The molecule has 3 fully saturated rings. The van der Waals surface area contributed by atoms with Crippen molar-refractivity contribution in [2.75, 3.05) is 13.7 Å². The zero-order chi connectivity index (χ0) is 25.1. The van der Waals surface area contributed by atoms with Gasteiger partial charge in [0.1, 0.15) is 11.5 Å². The van der Waals surface area contributed by atoms with E-state index < -0.39 is 11.8 Å². The number of aromatic nitrogens is 3. The summed E-state index contributed by atoms with van der Waals surface area (Å²) in [4.78, 5) is 24.0. The number of ether oxygens (including phenoxy) is 2. The van der Waals surface area contributed by atoms with E-state index in [-0.39, 0.29) is 24.7 Å². The lowest BCUT2D eigenvalue weighted by atomic mass is 9.50. The van der Waals surface area contributed by atoms with Gasteiger partial charge in [-0.15, -0.1) is 0 Å². The molecule has 0 unspecified atom stereocenters. The molecule has 1 N–H and O–H groups in total. The van der Waals surface area contributed by atoms with Crippen LogP contribution in [0.3, 0.4) is 0 Å². The number of hydrogen-bond acceptors (Lipinski definition) is 6. The Bertz CT molecular complexity index is 1340. The second-order valence-corrected chi connectivity index (χ2v) is 9.82. The van der Waals surface area contributed by atoms with Crippen molar-refractivity contribution >= 4 is 22.8 Å². The average molecular weight is 484 g/mol. The fourth-order valence-corrected chi connectivity index (χ4v) is 6.04. The molecule has 0 aliphatic heterocycles. The van der Waals surface area contributed by atoms with E-state index >= 15 is 4.39 Å². The molecule has 0 amide bonds. The smallest absolute Gasteiger partial charge is 0.354 e. The number of methoxy groups -OCH3 is 1. The van der Waals surface area contributed by atoms with E-state index in [1.807, 2.05) is 11.6 Å². The first-order valence-corrected chi connectivity index (χ1v) is 11.9. The molecule has 0 spiro atoms. The fourth-order valence-electron chi connectivity index (χ4n) is 6.04. The quantitative estimate of drug-likeness (QED) is 0.387. The standard InChI is InChI=1S/C26H30FN3O5/c1-14-21(20(13-31)30(28-14)26-10-16(11-26)12-26)22-19(27)8-7-18-17(6-5-9-35-15(2)32)24(25(33)34-4)29(3)23(18)22/h7-8,16,31H,5-6,9-13H2,1-4H3. The van der Waals surface area contributed by atoms with Crippen molar-refractivity contribution < 1.29 is 28.6 Å². The SMILES string of the molecule is COC(=O)c1c(CCCOC(C)=O)c2ccc(F)c(-c3c(C)nn(C45CC(C4)C5)c3CO)c2n1C. The average Bonchev–Trinajstić information content (AvgIpc) is 3.22. The lowest BCUT2D eigenvalue weighted by Crippen LogP contribution is -2.60. The van der Waals surface area contributed by atoms with E-state index in [1.54, 1.807) is 17.7 Å². The molecule has 3 aliphatic carbocycles. The normalized spacial score (nSPS) is 20.5. The van der Waals surface area contributed by atoms with Gasteiger partial charge in [0.25, 0.3) is 0 Å². The van der Waals surface area contributed by atoms with Crippen molar-refractivity contribution in [1.82, 2.24) is 14.3 Å². The van der Waals surface area contributed by atoms with Gasteiger partial charge in [0.05, 0.1) is 42.8 Å². The molecule has 0 radical (unpaired) electrons. The number of rotatable bonds is 8.